The van der Waals surface area contributed by atoms with E-state index in [1.807, 2.05) is 24.3 Å². The van der Waals surface area contributed by atoms with Crippen LogP contribution in [0.25, 0.3) is 6.08 Å². The lowest BCUT2D eigenvalue weighted by atomic mass is 10.2. The maximum Gasteiger partial charge on any atom is 0.335 e. The van der Waals surface area contributed by atoms with Gasteiger partial charge in [-0.1, -0.05) is 12.1 Å². The third kappa shape index (κ3) is 4.21. The Hall–Kier alpha value is -3.08. The number of rotatable bonds is 5. The van der Waals surface area contributed by atoms with Crippen LogP contribution in [0.15, 0.2) is 54.6 Å². The molecule has 0 saturated heterocycles. The van der Waals surface area contributed by atoms with Gasteiger partial charge in [-0.2, -0.15) is 0 Å². The van der Waals surface area contributed by atoms with Gasteiger partial charge in [-0.3, -0.25) is 4.79 Å². The zero-order valence-electron chi connectivity index (χ0n) is 11.9. The van der Waals surface area contributed by atoms with Gasteiger partial charge in [0.25, 0.3) is 0 Å². The van der Waals surface area contributed by atoms with E-state index in [2.05, 4.69) is 5.32 Å². The Morgan fingerprint density at radius 3 is 2.23 bits per heavy atom. The summed E-state index contributed by atoms with van der Waals surface area (Å²) in [4.78, 5) is 22.5. The summed E-state index contributed by atoms with van der Waals surface area (Å²) in [6.45, 7) is 0. The first-order chi connectivity index (χ1) is 10.6. The third-order valence-corrected chi connectivity index (χ3v) is 2.94. The van der Waals surface area contributed by atoms with Crippen LogP contribution in [-0.4, -0.2) is 24.1 Å². The molecule has 0 heterocycles. The van der Waals surface area contributed by atoms with Crippen molar-refractivity contribution in [3.05, 3.63) is 65.7 Å². The highest BCUT2D eigenvalue weighted by Crippen LogP contribution is 2.13. The summed E-state index contributed by atoms with van der Waals surface area (Å²) >= 11 is 0. The van der Waals surface area contributed by atoms with Crippen LogP contribution >= 0.6 is 0 Å². The number of amides is 1. The lowest BCUT2D eigenvalue weighted by Gasteiger charge is -2.02. The van der Waals surface area contributed by atoms with Crippen molar-refractivity contribution in [2.45, 2.75) is 0 Å². The average Bonchev–Trinajstić information content (AvgIpc) is 2.54. The molecular weight excluding hydrogens is 282 g/mol. The summed E-state index contributed by atoms with van der Waals surface area (Å²) in [5.74, 6) is -0.545. The minimum Gasteiger partial charge on any atom is -0.497 e. The Kier molecular flexibility index (Phi) is 4.93. The number of carboxylic acid groups (broad SMARTS) is 1. The SMILES string of the molecule is COc1ccc(/C=C/C(=O)Nc2ccc(C(=O)O)cc2)cc1. The van der Waals surface area contributed by atoms with E-state index in [4.69, 9.17) is 9.84 Å². The molecule has 2 aromatic rings. The van der Waals surface area contributed by atoms with Gasteiger partial charge >= 0.3 is 5.97 Å². The molecule has 5 heteroatoms. The number of hydrogen-bond acceptors (Lipinski definition) is 3. The lowest BCUT2D eigenvalue weighted by molar-refractivity contribution is -0.111. The Balaban J connectivity index is 1.96. The van der Waals surface area contributed by atoms with Crippen molar-refractivity contribution in [3.63, 3.8) is 0 Å². The van der Waals surface area contributed by atoms with Crippen LogP contribution in [0.3, 0.4) is 0 Å². The molecule has 0 aliphatic rings. The van der Waals surface area contributed by atoms with Gasteiger partial charge in [-0.15, -0.1) is 0 Å². The van der Waals surface area contributed by atoms with Crippen molar-refractivity contribution in [3.8, 4) is 5.75 Å². The summed E-state index contributed by atoms with van der Waals surface area (Å²) in [5.41, 5.74) is 1.58. The molecule has 5 nitrogen and oxygen atoms in total. The van der Waals surface area contributed by atoms with Crippen molar-refractivity contribution in [1.82, 2.24) is 0 Å². The predicted octanol–water partition coefficient (Wildman–Crippen LogP) is 3.05. The van der Waals surface area contributed by atoms with E-state index in [9.17, 15) is 9.59 Å². The van der Waals surface area contributed by atoms with Crippen molar-refractivity contribution >= 4 is 23.6 Å². The topological polar surface area (TPSA) is 75.6 Å². The number of ether oxygens (including phenoxy) is 1. The summed E-state index contributed by atoms with van der Waals surface area (Å²) in [7, 11) is 1.59. The van der Waals surface area contributed by atoms with Crippen LogP contribution in [0.4, 0.5) is 5.69 Å². The molecular formula is C17H15NO4. The molecule has 112 valence electrons. The molecule has 0 saturated carbocycles. The van der Waals surface area contributed by atoms with E-state index in [0.717, 1.165) is 11.3 Å². The smallest absolute Gasteiger partial charge is 0.335 e. The summed E-state index contributed by atoms with van der Waals surface area (Å²) in [5, 5.41) is 11.5. The molecule has 0 aromatic heterocycles. The summed E-state index contributed by atoms with van der Waals surface area (Å²) in [6.07, 6.45) is 3.09. The Morgan fingerprint density at radius 1 is 1.05 bits per heavy atom. The minimum atomic E-state index is -1.00. The van der Waals surface area contributed by atoms with E-state index in [1.165, 1.54) is 18.2 Å². The van der Waals surface area contributed by atoms with Crippen molar-refractivity contribution in [1.29, 1.82) is 0 Å². The highest BCUT2D eigenvalue weighted by molar-refractivity contribution is 6.02. The van der Waals surface area contributed by atoms with Crippen molar-refractivity contribution in [2.75, 3.05) is 12.4 Å². The molecule has 0 atom stereocenters. The van der Waals surface area contributed by atoms with E-state index in [-0.39, 0.29) is 11.5 Å². The normalized spacial score (nSPS) is 10.4. The Bertz CT molecular complexity index is 688. The van der Waals surface area contributed by atoms with E-state index in [0.29, 0.717) is 5.69 Å². The van der Waals surface area contributed by atoms with Gasteiger partial charge in [-0.25, -0.2) is 4.79 Å². The molecule has 2 N–H and O–H groups in total. The number of benzene rings is 2. The van der Waals surface area contributed by atoms with Crippen LogP contribution in [0, 0.1) is 0 Å². The standard InChI is InChI=1S/C17H15NO4/c1-22-15-9-2-12(3-10-15)4-11-16(19)18-14-7-5-13(6-8-14)17(20)21/h2-11H,1H3,(H,18,19)(H,20,21)/b11-4+. The molecule has 0 fully saturated rings. The number of methoxy groups -OCH3 is 1. The number of carbonyl (C=O) groups is 2. The minimum absolute atomic E-state index is 0.173. The monoisotopic (exact) mass is 297 g/mol. The summed E-state index contributed by atoms with van der Waals surface area (Å²) in [6, 6.07) is 13.3. The molecule has 2 aromatic carbocycles. The third-order valence-electron chi connectivity index (χ3n) is 2.94. The molecule has 2 rings (SSSR count). The second-order valence-corrected chi connectivity index (χ2v) is 4.48. The van der Waals surface area contributed by atoms with E-state index < -0.39 is 5.97 Å². The molecule has 22 heavy (non-hydrogen) atoms. The number of hydrogen-bond donors (Lipinski definition) is 2. The summed E-state index contributed by atoms with van der Waals surface area (Å²) < 4.78 is 5.06. The first kappa shape index (κ1) is 15.3. The molecule has 0 bridgehead atoms. The highest BCUT2D eigenvalue weighted by Gasteiger charge is 2.03. The number of aromatic carboxylic acids is 1. The number of carbonyl (C=O) groups excluding carboxylic acids is 1. The van der Waals surface area contributed by atoms with Crippen LogP contribution in [0.2, 0.25) is 0 Å². The first-order valence-electron chi connectivity index (χ1n) is 6.55. The second kappa shape index (κ2) is 7.08. The molecule has 0 aliphatic carbocycles. The predicted molar refractivity (Wildman–Crippen MR) is 84.1 cm³/mol. The maximum atomic E-state index is 11.8. The fourth-order valence-corrected chi connectivity index (χ4v) is 1.77. The van der Waals surface area contributed by atoms with Gasteiger partial charge in [-0.05, 0) is 48.0 Å². The van der Waals surface area contributed by atoms with Crippen LogP contribution < -0.4 is 10.1 Å². The second-order valence-electron chi connectivity index (χ2n) is 4.48. The first-order valence-corrected chi connectivity index (χ1v) is 6.55. The van der Waals surface area contributed by atoms with Crippen molar-refractivity contribution < 1.29 is 19.4 Å². The van der Waals surface area contributed by atoms with Crippen LogP contribution in [0.5, 0.6) is 5.75 Å². The van der Waals surface area contributed by atoms with Gasteiger partial charge in [0.05, 0.1) is 12.7 Å². The number of nitrogens with one attached hydrogen (secondary N) is 1. The van der Waals surface area contributed by atoms with Gasteiger partial charge < -0.3 is 15.2 Å². The Labute approximate surface area is 127 Å². The van der Waals surface area contributed by atoms with Gasteiger partial charge in [0.1, 0.15) is 5.75 Å². The average molecular weight is 297 g/mol. The number of anilines is 1. The Morgan fingerprint density at radius 2 is 1.68 bits per heavy atom. The molecule has 0 spiro atoms. The fourth-order valence-electron chi connectivity index (χ4n) is 1.77. The van der Waals surface area contributed by atoms with Gasteiger partial charge in [0.15, 0.2) is 0 Å². The van der Waals surface area contributed by atoms with E-state index in [1.54, 1.807) is 25.3 Å². The highest BCUT2D eigenvalue weighted by atomic mass is 16.5. The van der Waals surface area contributed by atoms with E-state index >= 15 is 0 Å². The van der Waals surface area contributed by atoms with Gasteiger partial charge in [0.2, 0.25) is 5.91 Å². The zero-order chi connectivity index (χ0) is 15.9. The lowest BCUT2D eigenvalue weighted by Crippen LogP contribution is -2.08. The molecule has 0 radical (unpaired) electrons. The molecule has 0 aliphatic heterocycles. The fraction of sp³-hybridized carbons (Fsp3) is 0.0588. The van der Waals surface area contributed by atoms with Gasteiger partial charge in [0, 0.05) is 11.8 Å². The maximum absolute atomic E-state index is 11.8. The van der Waals surface area contributed by atoms with Crippen LogP contribution in [-0.2, 0) is 4.79 Å². The van der Waals surface area contributed by atoms with Crippen molar-refractivity contribution in [2.24, 2.45) is 0 Å². The zero-order valence-corrected chi connectivity index (χ0v) is 11.9. The number of carboxylic acids is 1. The van der Waals surface area contributed by atoms with Crippen LogP contribution in [0.1, 0.15) is 15.9 Å². The molecule has 1 amide bonds. The molecule has 0 unspecified atom stereocenters. The largest absolute Gasteiger partial charge is 0.497 e. The quantitative estimate of drug-likeness (QED) is 0.832.